The molecule has 0 unspecified atom stereocenters. The van der Waals surface area contributed by atoms with E-state index in [1.165, 1.54) is 0 Å². The molecule has 0 spiro atoms. The van der Waals surface area contributed by atoms with Crippen LogP contribution < -0.4 is 5.32 Å². The van der Waals surface area contributed by atoms with Crippen LogP contribution in [0.4, 0.5) is 5.82 Å². The van der Waals surface area contributed by atoms with Crippen molar-refractivity contribution in [3.8, 4) is 28.8 Å². The second-order valence-electron chi connectivity index (χ2n) is 7.58. The summed E-state index contributed by atoms with van der Waals surface area (Å²) in [4.78, 5) is 0. The SMILES string of the molecule is CCC#Cc1ccc(-c2nnc(NC3CC(C)(O)C3)c3ccccc23)c(O)c1. The van der Waals surface area contributed by atoms with Gasteiger partial charge in [0.15, 0.2) is 5.82 Å². The Morgan fingerprint density at radius 3 is 2.57 bits per heavy atom. The Labute approximate surface area is 164 Å². The minimum Gasteiger partial charge on any atom is -0.507 e. The molecule has 0 saturated heterocycles. The number of anilines is 1. The van der Waals surface area contributed by atoms with Gasteiger partial charge in [-0.3, -0.25) is 0 Å². The minimum atomic E-state index is -0.602. The van der Waals surface area contributed by atoms with Gasteiger partial charge in [0.25, 0.3) is 0 Å². The van der Waals surface area contributed by atoms with Crippen molar-refractivity contribution in [1.29, 1.82) is 0 Å². The predicted octanol–water partition coefficient (Wildman–Crippen LogP) is 4.09. The number of aromatic nitrogens is 2. The van der Waals surface area contributed by atoms with E-state index in [4.69, 9.17) is 0 Å². The second kappa shape index (κ2) is 7.14. The molecule has 0 atom stereocenters. The predicted molar refractivity (Wildman–Crippen MR) is 111 cm³/mol. The van der Waals surface area contributed by atoms with Gasteiger partial charge in [-0.05, 0) is 38.0 Å². The second-order valence-corrected chi connectivity index (χ2v) is 7.58. The van der Waals surface area contributed by atoms with Gasteiger partial charge in [-0.25, -0.2) is 0 Å². The lowest BCUT2D eigenvalue weighted by Crippen LogP contribution is -2.48. The molecule has 1 aliphatic carbocycles. The third-order valence-corrected chi connectivity index (χ3v) is 5.06. The van der Waals surface area contributed by atoms with Gasteiger partial charge in [-0.15, -0.1) is 10.2 Å². The van der Waals surface area contributed by atoms with Gasteiger partial charge in [0.2, 0.25) is 0 Å². The summed E-state index contributed by atoms with van der Waals surface area (Å²) in [5, 5.41) is 34.5. The summed E-state index contributed by atoms with van der Waals surface area (Å²) in [6.07, 6.45) is 2.14. The van der Waals surface area contributed by atoms with Crippen molar-refractivity contribution in [2.24, 2.45) is 0 Å². The Morgan fingerprint density at radius 2 is 1.89 bits per heavy atom. The van der Waals surface area contributed by atoms with Gasteiger partial charge in [-0.1, -0.05) is 43.0 Å². The molecule has 28 heavy (non-hydrogen) atoms. The number of phenolic OH excluding ortho intramolecular Hbond substituents is 1. The fourth-order valence-electron chi connectivity index (χ4n) is 3.71. The van der Waals surface area contributed by atoms with Crippen molar-refractivity contribution < 1.29 is 10.2 Å². The number of hydrogen-bond acceptors (Lipinski definition) is 5. The van der Waals surface area contributed by atoms with Crippen LogP contribution in [0.2, 0.25) is 0 Å². The van der Waals surface area contributed by atoms with Gasteiger partial charge in [0.05, 0.1) is 5.60 Å². The van der Waals surface area contributed by atoms with Crippen LogP contribution in [-0.4, -0.2) is 32.1 Å². The lowest BCUT2D eigenvalue weighted by atomic mass is 9.77. The van der Waals surface area contributed by atoms with Gasteiger partial charge in [-0.2, -0.15) is 0 Å². The molecule has 0 amide bonds. The lowest BCUT2D eigenvalue weighted by molar-refractivity contribution is -0.0235. The highest BCUT2D eigenvalue weighted by Gasteiger charge is 2.38. The van der Waals surface area contributed by atoms with E-state index in [9.17, 15) is 10.2 Å². The van der Waals surface area contributed by atoms with Gasteiger partial charge < -0.3 is 15.5 Å². The van der Waals surface area contributed by atoms with Gasteiger partial charge in [0, 0.05) is 34.4 Å². The maximum Gasteiger partial charge on any atom is 0.156 e. The molecular weight excluding hydrogens is 350 g/mol. The topological polar surface area (TPSA) is 78.3 Å². The molecular formula is C23H23N3O2. The van der Waals surface area contributed by atoms with Crippen molar-refractivity contribution in [1.82, 2.24) is 10.2 Å². The number of hydrogen-bond donors (Lipinski definition) is 3. The smallest absolute Gasteiger partial charge is 0.156 e. The standard InChI is InChI=1S/C23H23N3O2/c1-3-4-7-15-10-11-19(20(27)12-15)21-17-8-5-6-9-18(17)22(26-25-21)24-16-13-23(2,28)14-16/h5-6,8-12,16,27-28H,3,13-14H2,1-2H3,(H,24,26). The highest BCUT2D eigenvalue weighted by Crippen LogP contribution is 2.37. The van der Waals surface area contributed by atoms with Crippen LogP contribution in [0.1, 0.15) is 38.7 Å². The van der Waals surface area contributed by atoms with E-state index >= 15 is 0 Å². The van der Waals surface area contributed by atoms with E-state index in [0.29, 0.717) is 29.9 Å². The highest BCUT2D eigenvalue weighted by molar-refractivity contribution is 6.01. The first-order valence-corrected chi connectivity index (χ1v) is 9.53. The molecule has 0 bridgehead atoms. The summed E-state index contributed by atoms with van der Waals surface area (Å²) in [6, 6.07) is 13.4. The molecule has 1 aliphatic rings. The molecule has 3 aromatic rings. The summed E-state index contributed by atoms with van der Waals surface area (Å²) in [5.41, 5.74) is 1.43. The number of fused-ring (bicyclic) bond motifs is 1. The van der Waals surface area contributed by atoms with Crippen LogP contribution in [0.15, 0.2) is 42.5 Å². The first-order chi connectivity index (χ1) is 13.5. The third kappa shape index (κ3) is 3.51. The highest BCUT2D eigenvalue weighted by atomic mass is 16.3. The number of aliphatic hydroxyl groups is 1. The molecule has 0 radical (unpaired) electrons. The summed E-state index contributed by atoms with van der Waals surface area (Å²) in [7, 11) is 0. The van der Waals surface area contributed by atoms with E-state index in [0.717, 1.165) is 22.8 Å². The number of nitrogens with zero attached hydrogens (tertiary/aromatic N) is 2. The Bertz CT molecular complexity index is 1090. The Balaban J connectivity index is 1.72. The Morgan fingerprint density at radius 1 is 1.14 bits per heavy atom. The molecule has 3 N–H and O–H groups in total. The molecule has 1 fully saturated rings. The largest absolute Gasteiger partial charge is 0.507 e. The fourth-order valence-corrected chi connectivity index (χ4v) is 3.71. The van der Waals surface area contributed by atoms with Crippen molar-refractivity contribution in [2.75, 3.05) is 5.32 Å². The maximum atomic E-state index is 10.5. The van der Waals surface area contributed by atoms with E-state index < -0.39 is 5.60 Å². The summed E-state index contributed by atoms with van der Waals surface area (Å²) in [6.45, 7) is 3.83. The number of nitrogens with one attached hydrogen (secondary N) is 1. The van der Waals surface area contributed by atoms with E-state index in [1.54, 1.807) is 6.07 Å². The zero-order valence-corrected chi connectivity index (χ0v) is 16.0. The van der Waals surface area contributed by atoms with Crippen LogP contribution in [0, 0.1) is 11.8 Å². The number of benzene rings is 2. The zero-order chi connectivity index (χ0) is 19.7. The van der Waals surface area contributed by atoms with Gasteiger partial charge in [0.1, 0.15) is 11.4 Å². The first kappa shape index (κ1) is 18.3. The third-order valence-electron chi connectivity index (χ3n) is 5.06. The molecule has 5 nitrogen and oxygen atoms in total. The molecule has 1 heterocycles. The summed E-state index contributed by atoms with van der Waals surface area (Å²) < 4.78 is 0. The molecule has 4 rings (SSSR count). The van der Waals surface area contributed by atoms with Crippen LogP contribution in [-0.2, 0) is 0 Å². The van der Waals surface area contributed by atoms with Crippen LogP contribution >= 0.6 is 0 Å². The molecule has 5 heteroatoms. The molecule has 142 valence electrons. The number of rotatable bonds is 3. The van der Waals surface area contributed by atoms with Crippen LogP contribution in [0.3, 0.4) is 0 Å². The maximum absolute atomic E-state index is 10.5. The van der Waals surface area contributed by atoms with E-state index in [-0.39, 0.29) is 11.8 Å². The van der Waals surface area contributed by atoms with Crippen molar-refractivity contribution >= 4 is 16.6 Å². The first-order valence-electron chi connectivity index (χ1n) is 9.53. The monoisotopic (exact) mass is 373 g/mol. The van der Waals surface area contributed by atoms with Crippen LogP contribution in [0.5, 0.6) is 5.75 Å². The summed E-state index contributed by atoms with van der Waals surface area (Å²) in [5.74, 6) is 6.87. The Hall–Kier alpha value is -3.10. The summed E-state index contributed by atoms with van der Waals surface area (Å²) >= 11 is 0. The van der Waals surface area contributed by atoms with Gasteiger partial charge >= 0.3 is 0 Å². The average Bonchev–Trinajstić information content (AvgIpc) is 2.66. The van der Waals surface area contributed by atoms with Crippen molar-refractivity contribution in [3.05, 3.63) is 48.0 Å². The Kier molecular flexibility index (Phi) is 4.66. The molecule has 1 aromatic heterocycles. The van der Waals surface area contributed by atoms with Crippen LogP contribution in [0.25, 0.3) is 22.0 Å². The molecule has 1 saturated carbocycles. The quantitative estimate of drug-likeness (QED) is 0.603. The lowest BCUT2D eigenvalue weighted by Gasteiger charge is -2.41. The minimum absolute atomic E-state index is 0.137. The van der Waals surface area contributed by atoms with Crippen molar-refractivity contribution in [3.63, 3.8) is 0 Å². The van der Waals surface area contributed by atoms with E-state index in [1.807, 2.05) is 50.2 Å². The molecule has 0 aliphatic heterocycles. The normalized spacial score (nSPS) is 20.9. The molecule has 2 aromatic carbocycles. The zero-order valence-electron chi connectivity index (χ0n) is 16.0. The van der Waals surface area contributed by atoms with Crippen molar-refractivity contribution in [2.45, 2.75) is 44.8 Å². The average molecular weight is 373 g/mol. The number of aromatic hydroxyl groups is 1. The fraction of sp³-hybridized carbons (Fsp3) is 0.304. The number of phenols is 1. The van der Waals surface area contributed by atoms with E-state index in [2.05, 4.69) is 27.4 Å².